The standard InChI is InChI=1S/C11H9ClN2OS/c1-7-2-3-8(12)6-9(7)14-5-4-10(15)13-11(14)16/h2-6H,1H3,(H,13,15,16). The van der Waals surface area contributed by atoms with Crippen LogP contribution in [0.25, 0.3) is 5.69 Å². The summed E-state index contributed by atoms with van der Waals surface area (Å²) in [6.45, 7) is 1.96. The zero-order valence-corrected chi connectivity index (χ0v) is 10.1. The Morgan fingerprint density at radius 1 is 1.38 bits per heavy atom. The van der Waals surface area contributed by atoms with Gasteiger partial charge in [-0.05, 0) is 36.8 Å². The number of rotatable bonds is 1. The van der Waals surface area contributed by atoms with E-state index in [9.17, 15) is 4.79 Å². The average molecular weight is 253 g/mol. The first-order valence-corrected chi connectivity index (χ1v) is 5.45. The van der Waals surface area contributed by atoms with E-state index in [4.69, 9.17) is 23.8 Å². The number of hydrogen-bond acceptors (Lipinski definition) is 2. The van der Waals surface area contributed by atoms with Gasteiger partial charge in [0.2, 0.25) is 0 Å². The summed E-state index contributed by atoms with van der Waals surface area (Å²) in [5, 5.41) is 0.633. The van der Waals surface area contributed by atoms with Gasteiger partial charge in [-0.15, -0.1) is 0 Å². The first kappa shape index (κ1) is 11.1. The van der Waals surface area contributed by atoms with Crippen LogP contribution in [0.5, 0.6) is 0 Å². The summed E-state index contributed by atoms with van der Waals surface area (Å²) in [5.74, 6) is 0. The van der Waals surface area contributed by atoms with Crippen LogP contribution in [0.1, 0.15) is 5.56 Å². The number of benzene rings is 1. The van der Waals surface area contributed by atoms with Crippen LogP contribution in [-0.2, 0) is 0 Å². The highest BCUT2D eigenvalue weighted by atomic mass is 35.5. The van der Waals surface area contributed by atoms with Crippen molar-refractivity contribution >= 4 is 23.8 Å². The fourth-order valence-corrected chi connectivity index (χ4v) is 1.88. The van der Waals surface area contributed by atoms with Crippen molar-refractivity contribution in [1.29, 1.82) is 0 Å². The van der Waals surface area contributed by atoms with Crippen LogP contribution in [0.3, 0.4) is 0 Å². The molecule has 5 heteroatoms. The van der Waals surface area contributed by atoms with Crippen molar-refractivity contribution in [3.8, 4) is 5.69 Å². The number of halogens is 1. The van der Waals surface area contributed by atoms with Crippen LogP contribution in [0, 0.1) is 11.7 Å². The molecule has 0 bridgehead atoms. The Morgan fingerprint density at radius 3 is 2.81 bits per heavy atom. The minimum Gasteiger partial charge on any atom is -0.299 e. The molecule has 0 aliphatic rings. The maximum absolute atomic E-state index is 11.1. The van der Waals surface area contributed by atoms with Crippen molar-refractivity contribution in [3.63, 3.8) is 0 Å². The third-order valence-corrected chi connectivity index (χ3v) is 2.79. The second-order valence-electron chi connectivity index (χ2n) is 3.41. The van der Waals surface area contributed by atoms with Crippen LogP contribution >= 0.6 is 23.8 Å². The SMILES string of the molecule is Cc1ccc(Cl)cc1-n1ccc(=O)[nH]c1=S. The van der Waals surface area contributed by atoms with Crippen molar-refractivity contribution in [2.45, 2.75) is 6.92 Å². The summed E-state index contributed by atoms with van der Waals surface area (Å²) in [6.07, 6.45) is 1.64. The molecule has 0 unspecified atom stereocenters. The van der Waals surface area contributed by atoms with E-state index in [2.05, 4.69) is 4.98 Å². The second-order valence-corrected chi connectivity index (χ2v) is 4.23. The molecule has 0 amide bonds. The summed E-state index contributed by atoms with van der Waals surface area (Å²) in [6, 6.07) is 6.96. The van der Waals surface area contributed by atoms with E-state index >= 15 is 0 Å². The largest absolute Gasteiger partial charge is 0.299 e. The van der Waals surface area contributed by atoms with Gasteiger partial charge in [0.05, 0.1) is 5.69 Å². The van der Waals surface area contributed by atoms with Crippen LogP contribution in [0.15, 0.2) is 35.3 Å². The van der Waals surface area contributed by atoms with Gasteiger partial charge in [0.25, 0.3) is 5.56 Å². The molecule has 1 aromatic heterocycles. The van der Waals surface area contributed by atoms with Gasteiger partial charge < -0.3 is 0 Å². The Kier molecular flexibility index (Phi) is 2.94. The minimum atomic E-state index is -0.207. The molecule has 0 saturated carbocycles. The fourth-order valence-electron chi connectivity index (χ4n) is 1.45. The molecule has 0 aliphatic carbocycles. The van der Waals surface area contributed by atoms with E-state index in [1.54, 1.807) is 10.8 Å². The van der Waals surface area contributed by atoms with Crippen molar-refractivity contribution in [2.75, 3.05) is 0 Å². The highest BCUT2D eigenvalue weighted by Crippen LogP contribution is 2.18. The van der Waals surface area contributed by atoms with Crippen molar-refractivity contribution in [2.24, 2.45) is 0 Å². The zero-order valence-electron chi connectivity index (χ0n) is 8.53. The Labute approximate surface area is 102 Å². The fraction of sp³-hybridized carbons (Fsp3) is 0.0909. The lowest BCUT2D eigenvalue weighted by atomic mass is 10.2. The summed E-state index contributed by atoms with van der Waals surface area (Å²) < 4.78 is 2.08. The highest BCUT2D eigenvalue weighted by Gasteiger charge is 2.02. The van der Waals surface area contributed by atoms with E-state index in [1.807, 2.05) is 25.1 Å². The molecule has 2 rings (SSSR count). The number of aromatic amines is 1. The second kappa shape index (κ2) is 4.23. The summed E-state index contributed by atoms with van der Waals surface area (Å²) in [7, 11) is 0. The van der Waals surface area contributed by atoms with Crippen molar-refractivity contribution < 1.29 is 0 Å². The van der Waals surface area contributed by atoms with Gasteiger partial charge in [0, 0.05) is 17.3 Å². The smallest absolute Gasteiger partial charge is 0.251 e. The predicted molar refractivity (Wildman–Crippen MR) is 67.0 cm³/mol. The number of aryl methyl sites for hydroxylation is 1. The number of aromatic nitrogens is 2. The number of hydrogen-bond donors (Lipinski definition) is 1. The van der Waals surface area contributed by atoms with Crippen LogP contribution < -0.4 is 5.56 Å². The lowest BCUT2D eigenvalue weighted by Crippen LogP contribution is -2.10. The van der Waals surface area contributed by atoms with Gasteiger partial charge in [-0.25, -0.2) is 0 Å². The van der Waals surface area contributed by atoms with E-state index in [0.29, 0.717) is 9.79 Å². The monoisotopic (exact) mass is 252 g/mol. The molecule has 0 spiro atoms. The van der Waals surface area contributed by atoms with Crippen LogP contribution in [-0.4, -0.2) is 9.55 Å². The maximum atomic E-state index is 11.1. The van der Waals surface area contributed by atoms with Crippen molar-refractivity contribution in [1.82, 2.24) is 9.55 Å². The predicted octanol–water partition coefficient (Wildman–Crippen LogP) is 2.86. The normalized spacial score (nSPS) is 10.4. The molecular weight excluding hydrogens is 244 g/mol. The number of nitrogens with one attached hydrogen (secondary N) is 1. The van der Waals surface area contributed by atoms with E-state index in [0.717, 1.165) is 11.3 Å². The van der Waals surface area contributed by atoms with Gasteiger partial charge in [-0.1, -0.05) is 17.7 Å². The number of H-pyrrole nitrogens is 1. The van der Waals surface area contributed by atoms with Gasteiger partial charge >= 0.3 is 0 Å². The summed E-state index contributed by atoms with van der Waals surface area (Å²) >= 11 is 11.0. The molecule has 1 heterocycles. The molecule has 16 heavy (non-hydrogen) atoms. The molecule has 2 aromatic rings. The van der Waals surface area contributed by atoms with Gasteiger partial charge in [-0.2, -0.15) is 0 Å². The van der Waals surface area contributed by atoms with Gasteiger partial charge in [-0.3, -0.25) is 14.3 Å². The molecule has 0 aliphatic heterocycles. The molecule has 0 atom stereocenters. The Balaban J connectivity index is 2.72. The quantitative estimate of drug-likeness (QED) is 0.793. The molecule has 82 valence electrons. The third kappa shape index (κ3) is 2.08. The van der Waals surface area contributed by atoms with E-state index < -0.39 is 0 Å². The molecule has 1 aromatic carbocycles. The summed E-state index contributed by atoms with van der Waals surface area (Å²) in [5.41, 5.74) is 1.70. The first-order valence-electron chi connectivity index (χ1n) is 4.66. The van der Waals surface area contributed by atoms with Gasteiger partial charge in [0.15, 0.2) is 4.77 Å². The van der Waals surface area contributed by atoms with Crippen molar-refractivity contribution in [3.05, 3.63) is 56.2 Å². The zero-order chi connectivity index (χ0) is 11.7. The minimum absolute atomic E-state index is 0.207. The molecule has 0 fully saturated rings. The van der Waals surface area contributed by atoms with Gasteiger partial charge in [0.1, 0.15) is 0 Å². The highest BCUT2D eigenvalue weighted by molar-refractivity contribution is 7.71. The van der Waals surface area contributed by atoms with Crippen LogP contribution in [0.2, 0.25) is 5.02 Å². The topological polar surface area (TPSA) is 37.8 Å². The third-order valence-electron chi connectivity index (χ3n) is 2.25. The molecule has 0 radical (unpaired) electrons. The molecular formula is C11H9ClN2OS. The molecule has 3 nitrogen and oxygen atoms in total. The lowest BCUT2D eigenvalue weighted by molar-refractivity contribution is 0.929. The maximum Gasteiger partial charge on any atom is 0.251 e. The number of nitrogens with zero attached hydrogens (tertiary/aromatic N) is 1. The lowest BCUT2D eigenvalue weighted by Gasteiger charge is -2.09. The molecule has 0 saturated heterocycles. The van der Waals surface area contributed by atoms with Crippen LogP contribution in [0.4, 0.5) is 0 Å². The van der Waals surface area contributed by atoms with E-state index in [1.165, 1.54) is 6.07 Å². The Morgan fingerprint density at radius 2 is 2.12 bits per heavy atom. The Hall–Kier alpha value is -1.39. The summed E-state index contributed by atoms with van der Waals surface area (Å²) in [4.78, 5) is 13.6. The van der Waals surface area contributed by atoms with E-state index in [-0.39, 0.29) is 5.56 Å². The molecule has 1 N–H and O–H groups in total. The Bertz CT molecular complexity index is 645. The first-order chi connectivity index (χ1) is 7.58. The average Bonchev–Trinajstić information content (AvgIpc) is 2.22.